The Labute approximate surface area is 142 Å². The molecule has 0 N–H and O–H groups in total. The molecular weight excluding hydrogens is 360 g/mol. The second-order valence-electron chi connectivity index (χ2n) is 5.38. The Morgan fingerprint density at radius 2 is 1.65 bits per heavy atom. The van der Waals surface area contributed by atoms with E-state index in [0.717, 1.165) is 25.2 Å². The Hall–Kier alpha value is -0.920. The van der Waals surface area contributed by atoms with Crippen molar-refractivity contribution in [2.24, 2.45) is 0 Å². The Balaban J connectivity index is 3.61. The standard InChI is InChI=1S/C15H21ClO5S2/c1-4-6-7-8-23(20,21)14-9-11(5-2)12(15(16)17)10-13(14)22(3,18)19/h9-10H,4-8H2,1-3H3. The van der Waals surface area contributed by atoms with E-state index in [-0.39, 0.29) is 21.1 Å². The van der Waals surface area contributed by atoms with E-state index in [1.807, 2.05) is 6.92 Å². The van der Waals surface area contributed by atoms with Crippen molar-refractivity contribution >= 4 is 36.5 Å². The van der Waals surface area contributed by atoms with Gasteiger partial charge in [0.05, 0.1) is 15.5 Å². The Morgan fingerprint density at radius 3 is 2.09 bits per heavy atom. The first kappa shape index (κ1) is 20.1. The molecule has 1 aromatic carbocycles. The highest BCUT2D eigenvalue weighted by Crippen LogP contribution is 2.28. The molecule has 0 amide bonds. The minimum Gasteiger partial charge on any atom is -0.276 e. The molecule has 0 fully saturated rings. The molecule has 23 heavy (non-hydrogen) atoms. The lowest BCUT2D eigenvalue weighted by molar-refractivity contribution is 0.108. The van der Waals surface area contributed by atoms with Crippen LogP contribution in [-0.4, -0.2) is 34.1 Å². The normalized spacial score (nSPS) is 12.3. The van der Waals surface area contributed by atoms with Crippen LogP contribution < -0.4 is 0 Å². The summed E-state index contributed by atoms with van der Waals surface area (Å²) in [6.45, 7) is 3.69. The number of aryl methyl sites for hydroxylation is 1. The van der Waals surface area contributed by atoms with Gasteiger partial charge in [-0.25, -0.2) is 16.8 Å². The number of hydrogen-bond acceptors (Lipinski definition) is 5. The van der Waals surface area contributed by atoms with E-state index in [2.05, 4.69) is 0 Å². The number of carbonyl (C=O) groups excluding carboxylic acids is 1. The van der Waals surface area contributed by atoms with E-state index in [1.54, 1.807) is 6.92 Å². The number of rotatable bonds is 8. The lowest BCUT2D eigenvalue weighted by atomic mass is 10.1. The monoisotopic (exact) mass is 380 g/mol. The van der Waals surface area contributed by atoms with Crippen molar-refractivity contribution in [1.29, 1.82) is 0 Å². The Kier molecular flexibility index (Phi) is 6.80. The highest BCUT2D eigenvalue weighted by molar-refractivity contribution is 7.94. The van der Waals surface area contributed by atoms with Crippen molar-refractivity contribution in [2.75, 3.05) is 12.0 Å². The molecular formula is C15H21ClO5S2. The molecule has 0 aliphatic carbocycles. The van der Waals surface area contributed by atoms with Gasteiger partial charge in [0.25, 0.3) is 5.24 Å². The minimum atomic E-state index is -3.82. The zero-order valence-electron chi connectivity index (χ0n) is 13.4. The maximum atomic E-state index is 12.5. The number of halogens is 1. The maximum absolute atomic E-state index is 12.5. The average Bonchev–Trinajstić information content (AvgIpc) is 2.44. The molecule has 0 unspecified atom stereocenters. The van der Waals surface area contributed by atoms with Crippen LogP contribution >= 0.6 is 11.6 Å². The lowest BCUT2D eigenvalue weighted by Crippen LogP contribution is -2.14. The molecule has 0 aliphatic heterocycles. The second kappa shape index (κ2) is 7.77. The summed E-state index contributed by atoms with van der Waals surface area (Å²) in [4.78, 5) is 10.9. The van der Waals surface area contributed by atoms with Gasteiger partial charge in [-0.2, -0.15) is 0 Å². The van der Waals surface area contributed by atoms with E-state index in [1.165, 1.54) is 6.07 Å². The quantitative estimate of drug-likeness (QED) is 0.511. The summed E-state index contributed by atoms with van der Waals surface area (Å²) >= 11 is 5.49. The first-order valence-electron chi connectivity index (χ1n) is 7.34. The van der Waals surface area contributed by atoms with E-state index in [4.69, 9.17) is 11.6 Å². The topological polar surface area (TPSA) is 85.3 Å². The van der Waals surface area contributed by atoms with E-state index in [0.29, 0.717) is 18.4 Å². The lowest BCUT2D eigenvalue weighted by Gasteiger charge is -2.13. The third kappa shape index (κ3) is 5.02. The summed E-state index contributed by atoms with van der Waals surface area (Å²) in [6.07, 6.45) is 3.34. The third-order valence-corrected chi connectivity index (χ3v) is 6.82. The van der Waals surface area contributed by atoms with Gasteiger partial charge < -0.3 is 0 Å². The first-order chi connectivity index (χ1) is 10.5. The van der Waals surface area contributed by atoms with Crippen molar-refractivity contribution in [3.63, 3.8) is 0 Å². The van der Waals surface area contributed by atoms with Crippen molar-refractivity contribution in [3.05, 3.63) is 23.3 Å². The van der Waals surface area contributed by atoms with Gasteiger partial charge >= 0.3 is 0 Å². The predicted molar refractivity (Wildman–Crippen MR) is 90.7 cm³/mol. The van der Waals surface area contributed by atoms with E-state index < -0.39 is 24.9 Å². The third-order valence-electron chi connectivity index (χ3n) is 3.51. The van der Waals surface area contributed by atoms with Gasteiger partial charge in [-0.05, 0) is 42.1 Å². The molecule has 1 aromatic rings. The van der Waals surface area contributed by atoms with Crippen LogP contribution in [0.25, 0.3) is 0 Å². The van der Waals surface area contributed by atoms with Gasteiger partial charge in [0.15, 0.2) is 19.7 Å². The minimum absolute atomic E-state index is 0.0297. The fraction of sp³-hybridized carbons (Fsp3) is 0.533. The molecule has 0 spiro atoms. The molecule has 8 heteroatoms. The summed E-state index contributed by atoms with van der Waals surface area (Å²) in [5, 5.41) is -0.804. The summed E-state index contributed by atoms with van der Waals surface area (Å²) in [5.41, 5.74) is 0.452. The number of hydrogen-bond donors (Lipinski definition) is 0. The smallest absolute Gasteiger partial charge is 0.252 e. The fourth-order valence-electron chi connectivity index (χ4n) is 2.26. The Bertz CT molecular complexity index is 795. The molecule has 0 aromatic heterocycles. The summed E-state index contributed by atoms with van der Waals surface area (Å²) < 4.78 is 49.1. The van der Waals surface area contributed by atoms with Gasteiger partial charge in [0.1, 0.15) is 0 Å². The first-order valence-corrected chi connectivity index (χ1v) is 11.3. The Morgan fingerprint density at radius 1 is 1.04 bits per heavy atom. The summed E-state index contributed by atoms with van der Waals surface area (Å²) in [5.74, 6) is -0.124. The van der Waals surface area contributed by atoms with Crippen LogP contribution in [0, 0.1) is 0 Å². The SMILES string of the molecule is CCCCCS(=O)(=O)c1cc(CC)c(C(=O)Cl)cc1S(C)(=O)=O. The van der Waals surface area contributed by atoms with Crippen LogP contribution in [0.3, 0.4) is 0 Å². The summed E-state index contributed by atoms with van der Waals surface area (Å²) in [6, 6.07) is 2.35. The molecule has 0 radical (unpaired) electrons. The number of benzene rings is 1. The van der Waals surface area contributed by atoms with Gasteiger partial charge in [0.2, 0.25) is 0 Å². The van der Waals surface area contributed by atoms with E-state index in [9.17, 15) is 21.6 Å². The maximum Gasteiger partial charge on any atom is 0.252 e. The number of unbranched alkanes of at least 4 members (excludes halogenated alkanes) is 2. The van der Waals surface area contributed by atoms with Crippen molar-refractivity contribution < 1.29 is 21.6 Å². The highest BCUT2D eigenvalue weighted by Gasteiger charge is 2.26. The molecule has 0 saturated carbocycles. The molecule has 0 heterocycles. The van der Waals surface area contributed by atoms with Crippen LogP contribution in [0.4, 0.5) is 0 Å². The van der Waals surface area contributed by atoms with Crippen molar-refractivity contribution in [2.45, 2.75) is 49.3 Å². The second-order valence-corrected chi connectivity index (χ2v) is 9.79. The van der Waals surface area contributed by atoms with Crippen LogP contribution in [0.1, 0.15) is 49.0 Å². The largest absolute Gasteiger partial charge is 0.276 e. The predicted octanol–water partition coefficient (Wildman–Crippen LogP) is 3.00. The molecule has 5 nitrogen and oxygen atoms in total. The molecule has 0 bridgehead atoms. The van der Waals surface area contributed by atoms with E-state index >= 15 is 0 Å². The molecule has 1 rings (SSSR count). The summed E-state index contributed by atoms with van der Waals surface area (Å²) in [7, 11) is -7.57. The van der Waals surface area contributed by atoms with Crippen LogP contribution in [0.5, 0.6) is 0 Å². The zero-order valence-corrected chi connectivity index (χ0v) is 15.8. The average molecular weight is 381 g/mol. The van der Waals surface area contributed by atoms with Gasteiger partial charge in [-0.3, -0.25) is 4.79 Å². The van der Waals surface area contributed by atoms with Crippen LogP contribution in [0.15, 0.2) is 21.9 Å². The molecule has 0 saturated heterocycles. The van der Waals surface area contributed by atoms with Gasteiger partial charge in [0, 0.05) is 11.8 Å². The number of carbonyl (C=O) groups is 1. The molecule has 0 atom stereocenters. The van der Waals surface area contributed by atoms with Crippen molar-refractivity contribution in [1.82, 2.24) is 0 Å². The fourth-order valence-corrected chi connectivity index (χ4v) is 5.52. The molecule has 0 aliphatic rings. The van der Waals surface area contributed by atoms with Crippen LogP contribution in [-0.2, 0) is 26.1 Å². The van der Waals surface area contributed by atoms with Gasteiger partial charge in [-0.15, -0.1) is 0 Å². The van der Waals surface area contributed by atoms with Gasteiger partial charge in [-0.1, -0.05) is 26.7 Å². The van der Waals surface area contributed by atoms with Crippen LogP contribution in [0.2, 0.25) is 0 Å². The zero-order chi connectivity index (χ0) is 17.8. The highest BCUT2D eigenvalue weighted by atomic mass is 35.5. The number of sulfone groups is 2. The molecule has 130 valence electrons. The van der Waals surface area contributed by atoms with Crippen molar-refractivity contribution in [3.8, 4) is 0 Å².